The normalized spacial score (nSPS) is 25.8. The van der Waals surface area contributed by atoms with Gasteiger partial charge in [-0.25, -0.2) is 8.42 Å². The summed E-state index contributed by atoms with van der Waals surface area (Å²) in [4.78, 5) is 15.1. The Morgan fingerprint density at radius 2 is 1.86 bits per heavy atom. The molecule has 2 fully saturated rings. The molecular weight excluding hydrogens is 410 g/mol. The quantitative estimate of drug-likeness (QED) is 0.729. The van der Waals surface area contributed by atoms with Gasteiger partial charge in [-0.1, -0.05) is 6.07 Å². The van der Waals surface area contributed by atoms with Gasteiger partial charge in [-0.05, 0) is 52.0 Å². The minimum atomic E-state index is -3.43. The molecule has 2 aliphatic rings. The number of hydrogen-bond donors (Lipinski definition) is 1. The number of nitrogens with zero attached hydrogens (tertiary/aromatic N) is 2. The van der Waals surface area contributed by atoms with Crippen LogP contribution in [0.4, 0.5) is 0 Å². The Labute approximate surface area is 178 Å². The molecule has 1 amide bonds. The topological polar surface area (TPSA) is 79.0 Å². The second kappa shape index (κ2) is 9.01. The fourth-order valence-electron chi connectivity index (χ4n) is 4.13. The van der Waals surface area contributed by atoms with Gasteiger partial charge < -0.3 is 10.1 Å². The fourth-order valence-corrected chi connectivity index (χ4v) is 6.74. The van der Waals surface area contributed by atoms with E-state index in [9.17, 15) is 13.2 Å². The third kappa shape index (κ3) is 5.38. The summed E-state index contributed by atoms with van der Waals surface area (Å²) >= 11 is 1.23. The molecule has 1 aromatic rings. The average Bonchev–Trinajstić information content (AvgIpc) is 3.21. The van der Waals surface area contributed by atoms with E-state index in [0.717, 1.165) is 13.1 Å². The summed E-state index contributed by atoms with van der Waals surface area (Å²) in [6, 6.07) is 3.38. The van der Waals surface area contributed by atoms with Gasteiger partial charge in [0.2, 0.25) is 5.91 Å². The number of thiophene rings is 1. The van der Waals surface area contributed by atoms with Crippen molar-refractivity contribution in [3.05, 3.63) is 17.5 Å². The third-order valence-electron chi connectivity index (χ3n) is 5.88. The lowest BCUT2D eigenvalue weighted by Crippen LogP contribution is -2.59. The maximum Gasteiger partial charge on any atom is 0.252 e. The predicted octanol–water partition coefficient (Wildman–Crippen LogP) is 2.15. The van der Waals surface area contributed by atoms with Crippen LogP contribution in [-0.4, -0.2) is 74.0 Å². The molecule has 1 aromatic heterocycles. The lowest BCUT2D eigenvalue weighted by atomic mass is 9.95. The van der Waals surface area contributed by atoms with Gasteiger partial charge in [-0.15, -0.1) is 11.3 Å². The van der Waals surface area contributed by atoms with E-state index in [0.29, 0.717) is 36.7 Å². The number of morpholine rings is 1. The lowest BCUT2D eigenvalue weighted by molar-refractivity contribution is -0.127. The van der Waals surface area contributed by atoms with Crippen molar-refractivity contribution in [3.63, 3.8) is 0 Å². The van der Waals surface area contributed by atoms with Crippen LogP contribution in [0.15, 0.2) is 21.7 Å². The number of carbonyl (C=O) groups is 1. The monoisotopic (exact) mass is 443 g/mol. The zero-order chi connectivity index (χ0) is 21.2. The second-order valence-electron chi connectivity index (χ2n) is 8.80. The van der Waals surface area contributed by atoms with Gasteiger partial charge >= 0.3 is 0 Å². The molecule has 164 valence electrons. The van der Waals surface area contributed by atoms with Crippen LogP contribution >= 0.6 is 11.3 Å². The van der Waals surface area contributed by atoms with Crippen molar-refractivity contribution >= 4 is 27.3 Å². The molecule has 2 saturated heterocycles. The maximum atomic E-state index is 12.7. The van der Waals surface area contributed by atoms with Crippen LogP contribution < -0.4 is 5.32 Å². The first-order valence-electron chi connectivity index (χ1n) is 10.3. The predicted molar refractivity (Wildman–Crippen MR) is 114 cm³/mol. The number of amides is 1. The van der Waals surface area contributed by atoms with E-state index in [1.54, 1.807) is 17.5 Å². The summed E-state index contributed by atoms with van der Waals surface area (Å²) < 4.78 is 32.9. The molecule has 0 unspecified atom stereocenters. The highest BCUT2D eigenvalue weighted by Gasteiger charge is 2.35. The van der Waals surface area contributed by atoms with E-state index in [4.69, 9.17) is 4.74 Å². The molecule has 7 nitrogen and oxygen atoms in total. The van der Waals surface area contributed by atoms with Crippen LogP contribution in [0.25, 0.3) is 0 Å². The Morgan fingerprint density at radius 1 is 1.24 bits per heavy atom. The SMILES string of the molecule is C[C@H]1CN(C(C)(C)CNC(=O)C2CCN(S(=O)(=O)c3cccs3)CC2)C[C@H](C)O1. The Kier molecular flexibility index (Phi) is 7.05. The summed E-state index contributed by atoms with van der Waals surface area (Å²) in [5.41, 5.74) is -0.162. The first-order chi connectivity index (χ1) is 13.6. The van der Waals surface area contributed by atoms with Crippen molar-refractivity contribution in [1.82, 2.24) is 14.5 Å². The summed E-state index contributed by atoms with van der Waals surface area (Å²) in [6.45, 7) is 11.5. The van der Waals surface area contributed by atoms with Gasteiger partial charge in [0, 0.05) is 44.2 Å². The van der Waals surface area contributed by atoms with Crippen LogP contribution in [-0.2, 0) is 19.6 Å². The molecule has 0 spiro atoms. The molecule has 29 heavy (non-hydrogen) atoms. The molecule has 2 aliphatic heterocycles. The molecule has 0 saturated carbocycles. The van der Waals surface area contributed by atoms with Crippen molar-refractivity contribution < 1.29 is 17.9 Å². The van der Waals surface area contributed by atoms with Crippen molar-refractivity contribution in [1.29, 1.82) is 0 Å². The Balaban J connectivity index is 1.50. The molecule has 9 heteroatoms. The maximum absolute atomic E-state index is 12.7. The number of sulfonamides is 1. The van der Waals surface area contributed by atoms with Crippen molar-refractivity contribution in [2.75, 3.05) is 32.7 Å². The molecule has 0 aromatic carbocycles. The van der Waals surface area contributed by atoms with E-state index >= 15 is 0 Å². The van der Waals surface area contributed by atoms with E-state index in [1.165, 1.54) is 15.6 Å². The van der Waals surface area contributed by atoms with Crippen LogP contribution in [0, 0.1) is 5.92 Å². The Bertz CT molecular complexity index is 777. The Hall–Kier alpha value is -1.00. The smallest absolute Gasteiger partial charge is 0.252 e. The summed E-state index contributed by atoms with van der Waals surface area (Å²) in [5.74, 6) is -0.108. The third-order valence-corrected chi connectivity index (χ3v) is 9.16. The van der Waals surface area contributed by atoms with Gasteiger partial charge in [0.1, 0.15) is 4.21 Å². The summed E-state index contributed by atoms with van der Waals surface area (Å²) in [6.07, 6.45) is 1.48. The van der Waals surface area contributed by atoms with Crippen molar-refractivity contribution in [3.8, 4) is 0 Å². The number of rotatable bonds is 6. The molecule has 0 aliphatic carbocycles. The van der Waals surface area contributed by atoms with Gasteiger partial charge in [0.15, 0.2) is 0 Å². The lowest BCUT2D eigenvalue weighted by Gasteiger charge is -2.45. The molecule has 3 rings (SSSR count). The van der Waals surface area contributed by atoms with Crippen LogP contribution in [0.1, 0.15) is 40.5 Å². The molecule has 2 atom stereocenters. The highest BCUT2D eigenvalue weighted by molar-refractivity contribution is 7.91. The van der Waals surface area contributed by atoms with Crippen molar-refractivity contribution in [2.45, 2.75) is 62.5 Å². The zero-order valence-electron chi connectivity index (χ0n) is 17.8. The number of hydrogen-bond acceptors (Lipinski definition) is 6. The number of ether oxygens (including phenoxy) is 1. The van der Waals surface area contributed by atoms with E-state index in [1.807, 2.05) is 0 Å². The largest absolute Gasteiger partial charge is 0.373 e. The first-order valence-corrected chi connectivity index (χ1v) is 12.6. The number of nitrogens with one attached hydrogen (secondary N) is 1. The standard InChI is InChI=1S/C20H33N3O4S2/c1-15-12-22(13-16(2)27-15)20(3,4)14-21-19(24)17-7-9-23(10-8-17)29(25,26)18-6-5-11-28-18/h5-6,11,15-17H,7-10,12-14H2,1-4H3,(H,21,24)/t15-,16-/m0/s1. The van der Waals surface area contributed by atoms with Gasteiger partial charge in [0.25, 0.3) is 10.0 Å². The van der Waals surface area contributed by atoms with Gasteiger partial charge in [0.05, 0.1) is 12.2 Å². The fraction of sp³-hybridized carbons (Fsp3) is 0.750. The second-order valence-corrected chi connectivity index (χ2v) is 11.9. The van der Waals surface area contributed by atoms with E-state index in [-0.39, 0.29) is 29.6 Å². The number of carbonyl (C=O) groups excluding carboxylic acids is 1. The summed E-state index contributed by atoms with van der Waals surface area (Å²) in [7, 11) is -3.43. The molecule has 0 radical (unpaired) electrons. The zero-order valence-corrected chi connectivity index (χ0v) is 19.4. The van der Waals surface area contributed by atoms with Crippen LogP contribution in [0.2, 0.25) is 0 Å². The minimum Gasteiger partial charge on any atom is -0.373 e. The van der Waals surface area contributed by atoms with Gasteiger partial charge in [-0.3, -0.25) is 9.69 Å². The molecule has 1 N–H and O–H groups in total. The molecule has 0 bridgehead atoms. The Morgan fingerprint density at radius 3 is 2.41 bits per heavy atom. The summed E-state index contributed by atoms with van der Waals surface area (Å²) in [5, 5.41) is 4.88. The number of piperidine rings is 1. The van der Waals surface area contributed by atoms with Crippen molar-refractivity contribution in [2.24, 2.45) is 5.92 Å². The molecular formula is C20H33N3O4S2. The van der Waals surface area contributed by atoms with Gasteiger partial charge in [-0.2, -0.15) is 4.31 Å². The highest BCUT2D eigenvalue weighted by atomic mass is 32.2. The van der Waals surface area contributed by atoms with E-state index in [2.05, 4.69) is 37.9 Å². The first kappa shape index (κ1) is 22.7. The minimum absolute atomic E-state index is 0.0283. The van der Waals surface area contributed by atoms with E-state index < -0.39 is 10.0 Å². The highest BCUT2D eigenvalue weighted by Crippen LogP contribution is 2.27. The average molecular weight is 444 g/mol. The van der Waals surface area contributed by atoms with Crippen LogP contribution in [0.3, 0.4) is 0 Å². The van der Waals surface area contributed by atoms with Crippen LogP contribution in [0.5, 0.6) is 0 Å². The molecule has 3 heterocycles.